The predicted molar refractivity (Wildman–Crippen MR) is 83.9 cm³/mol. The van der Waals surface area contributed by atoms with Crippen LogP contribution < -0.4 is 10.6 Å². The summed E-state index contributed by atoms with van der Waals surface area (Å²) in [5.41, 5.74) is 2.49. The number of hydrogen-bond acceptors (Lipinski definition) is 3. The lowest BCUT2D eigenvalue weighted by Crippen LogP contribution is -2.36. The number of nitrogens with zero attached hydrogens (tertiary/aromatic N) is 1. The molecule has 0 aliphatic carbocycles. The molecule has 2 N–H and O–H groups in total. The summed E-state index contributed by atoms with van der Waals surface area (Å²) >= 11 is 0. The molecule has 1 aliphatic heterocycles. The molecule has 1 saturated heterocycles. The lowest BCUT2D eigenvalue weighted by molar-refractivity contribution is 0.361. The monoisotopic (exact) mass is 269 g/mol. The zero-order valence-electron chi connectivity index (χ0n) is 11.9. The summed E-state index contributed by atoms with van der Waals surface area (Å²) < 4.78 is 0. The van der Waals surface area contributed by atoms with Crippen LogP contribution in [-0.2, 0) is 6.42 Å². The van der Waals surface area contributed by atoms with Gasteiger partial charge in [0.2, 0.25) is 0 Å². The first-order valence-corrected chi connectivity index (χ1v) is 7.67. The van der Waals surface area contributed by atoms with E-state index in [-0.39, 0.29) is 0 Å². The molecule has 0 amide bonds. The van der Waals surface area contributed by atoms with Crippen molar-refractivity contribution < 1.29 is 0 Å². The summed E-state index contributed by atoms with van der Waals surface area (Å²) in [5.74, 6) is 0.800. The lowest BCUT2D eigenvalue weighted by atomic mass is 9.99. The number of benzene rings is 1. The van der Waals surface area contributed by atoms with Crippen LogP contribution in [0.3, 0.4) is 0 Å². The number of para-hydroxylation sites is 1. The topological polar surface area (TPSA) is 37.0 Å². The van der Waals surface area contributed by atoms with E-state index >= 15 is 0 Å². The molecule has 0 saturated carbocycles. The molecule has 20 heavy (non-hydrogen) atoms. The number of piperidine rings is 1. The van der Waals surface area contributed by atoms with Gasteiger partial charge < -0.3 is 10.6 Å². The Balaban J connectivity index is 1.52. The maximum absolute atomic E-state index is 4.51. The fourth-order valence-electron chi connectivity index (χ4n) is 3.00. The van der Waals surface area contributed by atoms with Crippen LogP contribution >= 0.6 is 0 Å². The second-order valence-electron chi connectivity index (χ2n) is 5.66. The lowest BCUT2D eigenvalue weighted by Gasteiger charge is -2.23. The number of pyridine rings is 1. The highest BCUT2D eigenvalue weighted by atomic mass is 14.9. The van der Waals surface area contributed by atoms with Gasteiger partial charge in [-0.05, 0) is 63.0 Å². The Kier molecular flexibility index (Phi) is 4.61. The van der Waals surface area contributed by atoms with Gasteiger partial charge in [-0.1, -0.05) is 24.3 Å². The maximum Gasteiger partial charge on any atom is 0.0734 e. The molecule has 2 heterocycles. The number of nitrogens with one attached hydrogen (secondary N) is 2. The van der Waals surface area contributed by atoms with Crippen LogP contribution in [0.5, 0.6) is 0 Å². The Morgan fingerprint density at radius 2 is 2.20 bits per heavy atom. The first-order chi connectivity index (χ1) is 9.93. The standard InChI is InChI=1S/C17H23N3/c1-5-15-7-3-10-20-17(15)16(6-1)8-11-19-13-14-4-2-9-18-12-14/h1,3,5-7,10,14,18-19H,2,4,8-9,11-13H2. The van der Waals surface area contributed by atoms with Crippen LogP contribution in [0, 0.1) is 5.92 Å². The first-order valence-electron chi connectivity index (χ1n) is 7.67. The van der Waals surface area contributed by atoms with Crippen molar-refractivity contribution in [3.63, 3.8) is 0 Å². The summed E-state index contributed by atoms with van der Waals surface area (Å²) in [6.45, 7) is 4.53. The Labute approximate surface area is 120 Å². The Morgan fingerprint density at radius 1 is 1.25 bits per heavy atom. The van der Waals surface area contributed by atoms with E-state index in [1.54, 1.807) is 0 Å². The first kappa shape index (κ1) is 13.5. The van der Waals surface area contributed by atoms with E-state index in [0.29, 0.717) is 0 Å². The largest absolute Gasteiger partial charge is 0.316 e. The van der Waals surface area contributed by atoms with Crippen molar-refractivity contribution in [2.45, 2.75) is 19.3 Å². The molecule has 1 atom stereocenters. The van der Waals surface area contributed by atoms with Crippen molar-refractivity contribution in [2.24, 2.45) is 5.92 Å². The van der Waals surface area contributed by atoms with Crippen LogP contribution in [0.15, 0.2) is 36.5 Å². The van der Waals surface area contributed by atoms with Crippen molar-refractivity contribution >= 4 is 10.9 Å². The van der Waals surface area contributed by atoms with Crippen molar-refractivity contribution in [2.75, 3.05) is 26.2 Å². The summed E-state index contributed by atoms with van der Waals surface area (Å²) in [6, 6.07) is 10.6. The molecule has 1 aliphatic rings. The van der Waals surface area contributed by atoms with E-state index in [1.807, 2.05) is 12.3 Å². The van der Waals surface area contributed by atoms with E-state index in [9.17, 15) is 0 Å². The van der Waals surface area contributed by atoms with Crippen molar-refractivity contribution in [1.82, 2.24) is 15.6 Å². The molecule has 106 valence electrons. The van der Waals surface area contributed by atoms with Gasteiger partial charge in [0.05, 0.1) is 5.52 Å². The van der Waals surface area contributed by atoms with E-state index in [4.69, 9.17) is 0 Å². The SMILES string of the molecule is c1cnc2c(CCNCC3CCCNC3)cccc2c1. The fraction of sp³-hybridized carbons (Fsp3) is 0.471. The Hall–Kier alpha value is -1.45. The van der Waals surface area contributed by atoms with Gasteiger partial charge in [-0.15, -0.1) is 0 Å². The molecule has 1 aromatic carbocycles. The fourth-order valence-corrected chi connectivity index (χ4v) is 3.00. The van der Waals surface area contributed by atoms with Crippen LogP contribution in [0.25, 0.3) is 10.9 Å². The molecule has 1 aromatic heterocycles. The summed E-state index contributed by atoms with van der Waals surface area (Å²) in [4.78, 5) is 4.51. The van der Waals surface area contributed by atoms with Crippen LogP contribution in [-0.4, -0.2) is 31.2 Å². The maximum atomic E-state index is 4.51. The molecule has 1 unspecified atom stereocenters. The highest BCUT2D eigenvalue weighted by molar-refractivity contribution is 5.81. The highest BCUT2D eigenvalue weighted by Gasteiger charge is 2.11. The van der Waals surface area contributed by atoms with E-state index in [2.05, 4.69) is 39.9 Å². The summed E-state index contributed by atoms with van der Waals surface area (Å²) in [7, 11) is 0. The number of rotatable bonds is 5. The molecule has 3 rings (SSSR count). The summed E-state index contributed by atoms with van der Waals surface area (Å²) in [5, 5.41) is 8.31. The molecule has 0 radical (unpaired) electrons. The summed E-state index contributed by atoms with van der Waals surface area (Å²) in [6.07, 6.45) is 5.61. The van der Waals surface area contributed by atoms with E-state index in [0.717, 1.165) is 30.9 Å². The van der Waals surface area contributed by atoms with Gasteiger partial charge in [0.1, 0.15) is 0 Å². The van der Waals surface area contributed by atoms with E-state index in [1.165, 1.54) is 36.9 Å². The van der Waals surface area contributed by atoms with Crippen molar-refractivity contribution in [1.29, 1.82) is 0 Å². The third kappa shape index (κ3) is 3.35. The highest BCUT2D eigenvalue weighted by Crippen LogP contribution is 2.16. The van der Waals surface area contributed by atoms with Crippen molar-refractivity contribution in [3.05, 3.63) is 42.1 Å². The second kappa shape index (κ2) is 6.82. The third-order valence-corrected chi connectivity index (χ3v) is 4.12. The zero-order chi connectivity index (χ0) is 13.6. The molecular formula is C17H23N3. The number of hydrogen-bond donors (Lipinski definition) is 2. The second-order valence-corrected chi connectivity index (χ2v) is 5.66. The van der Waals surface area contributed by atoms with Gasteiger partial charge in [-0.3, -0.25) is 4.98 Å². The molecule has 2 aromatic rings. The molecule has 0 bridgehead atoms. The van der Waals surface area contributed by atoms with Crippen molar-refractivity contribution in [3.8, 4) is 0 Å². The molecule has 3 heteroatoms. The minimum atomic E-state index is 0.800. The number of fused-ring (bicyclic) bond motifs is 1. The van der Waals surface area contributed by atoms with Crippen LogP contribution in [0.2, 0.25) is 0 Å². The van der Waals surface area contributed by atoms with Gasteiger partial charge in [0, 0.05) is 11.6 Å². The zero-order valence-corrected chi connectivity index (χ0v) is 11.9. The molecular weight excluding hydrogens is 246 g/mol. The van der Waals surface area contributed by atoms with Gasteiger partial charge in [-0.2, -0.15) is 0 Å². The van der Waals surface area contributed by atoms with Gasteiger partial charge in [-0.25, -0.2) is 0 Å². The quantitative estimate of drug-likeness (QED) is 0.818. The molecule has 0 spiro atoms. The van der Waals surface area contributed by atoms with Crippen LogP contribution in [0.4, 0.5) is 0 Å². The minimum Gasteiger partial charge on any atom is -0.316 e. The Bertz CT molecular complexity index is 541. The smallest absolute Gasteiger partial charge is 0.0734 e. The van der Waals surface area contributed by atoms with Gasteiger partial charge >= 0.3 is 0 Å². The van der Waals surface area contributed by atoms with Gasteiger partial charge in [0.15, 0.2) is 0 Å². The normalized spacial score (nSPS) is 19.3. The Morgan fingerprint density at radius 3 is 3.10 bits per heavy atom. The van der Waals surface area contributed by atoms with Gasteiger partial charge in [0.25, 0.3) is 0 Å². The third-order valence-electron chi connectivity index (χ3n) is 4.12. The minimum absolute atomic E-state index is 0.800. The molecule has 3 nitrogen and oxygen atoms in total. The molecule has 1 fully saturated rings. The average molecular weight is 269 g/mol. The number of aromatic nitrogens is 1. The average Bonchev–Trinajstić information content (AvgIpc) is 2.53. The van der Waals surface area contributed by atoms with E-state index < -0.39 is 0 Å². The van der Waals surface area contributed by atoms with Crippen LogP contribution in [0.1, 0.15) is 18.4 Å². The predicted octanol–water partition coefficient (Wildman–Crippen LogP) is 2.37.